The van der Waals surface area contributed by atoms with Gasteiger partial charge in [-0.05, 0) is 65.8 Å². The smallest absolute Gasteiger partial charge is 0.421 e. The van der Waals surface area contributed by atoms with Gasteiger partial charge in [-0.25, -0.2) is 14.5 Å². The number of guanidine groups is 1. The minimum absolute atomic E-state index is 0.240. The second-order valence-corrected chi connectivity index (χ2v) is 8.02. The van der Waals surface area contributed by atoms with Gasteiger partial charge in [-0.1, -0.05) is 0 Å². The summed E-state index contributed by atoms with van der Waals surface area (Å²) in [4.78, 5) is 36.7. The molecule has 1 aromatic rings. The maximum Gasteiger partial charge on any atom is 0.421 e. The van der Waals surface area contributed by atoms with E-state index in [0.29, 0.717) is 5.69 Å². The van der Waals surface area contributed by atoms with Gasteiger partial charge >= 0.3 is 12.2 Å². The minimum atomic E-state index is -0.874. The van der Waals surface area contributed by atoms with Gasteiger partial charge in [0.05, 0.1) is 5.69 Å². The van der Waals surface area contributed by atoms with Crippen molar-refractivity contribution in [3.05, 3.63) is 24.3 Å². The summed E-state index contributed by atoms with van der Waals surface area (Å²) in [5, 5.41) is 13.0. The zero-order valence-corrected chi connectivity index (χ0v) is 17.3. The van der Waals surface area contributed by atoms with Crippen LogP contribution in [0.25, 0.3) is 0 Å². The van der Waals surface area contributed by atoms with E-state index in [1.807, 2.05) is 0 Å². The van der Waals surface area contributed by atoms with Crippen molar-refractivity contribution in [2.75, 3.05) is 10.2 Å². The number of anilines is 2. The van der Waals surface area contributed by atoms with Crippen molar-refractivity contribution >= 4 is 35.4 Å². The summed E-state index contributed by atoms with van der Waals surface area (Å²) >= 11 is 0. The summed E-state index contributed by atoms with van der Waals surface area (Å²) in [6.07, 6.45) is -1.72. The molecular formula is C19H28N4O5. The normalized spacial score (nSPS) is 11.2. The van der Waals surface area contributed by atoms with Gasteiger partial charge in [-0.15, -0.1) is 0 Å². The molecule has 0 saturated carbocycles. The van der Waals surface area contributed by atoms with E-state index in [9.17, 15) is 14.4 Å². The molecule has 0 saturated heterocycles. The van der Waals surface area contributed by atoms with Gasteiger partial charge in [0.1, 0.15) is 11.2 Å². The number of hydrogen-bond donors (Lipinski definition) is 3. The molecule has 9 heteroatoms. The van der Waals surface area contributed by atoms with Crippen molar-refractivity contribution in [2.45, 2.75) is 59.7 Å². The van der Waals surface area contributed by atoms with Crippen LogP contribution in [0.5, 0.6) is 0 Å². The average molecular weight is 392 g/mol. The monoisotopic (exact) mass is 392 g/mol. The van der Waals surface area contributed by atoms with Crippen LogP contribution in [0, 0.1) is 5.41 Å². The predicted molar refractivity (Wildman–Crippen MR) is 107 cm³/mol. The lowest BCUT2D eigenvalue weighted by molar-refractivity contribution is -0.114. The van der Waals surface area contributed by atoms with Crippen molar-refractivity contribution in [3.63, 3.8) is 0 Å². The molecule has 154 valence electrons. The van der Waals surface area contributed by atoms with Gasteiger partial charge < -0.3 is 14.8 Å². The zero-order valence-electron chi connectivity index (χ0n) is 17.3. The van der Waals surface area contributed by atoms with Crippen molar-refractivity contribution in [2.24, 2.45) is 0 Å². The standard InChI is InChI=1S/C19H28N4O5/c1-12(24)21-13-8-10-14(11-9-13)23(17(26)28-19(5,6)7)15(20)22-16(25)27-18(2,3)4/h8-11H,1-7H3,(H,21,24)(H2,20,22,25). The van der Waals surface area contributed by atoms with Crippen LogP contribution < -0.4 is 15.5 Å². The Morgan fingerprint density at radius 1 is 0.929 bits per heavy atom. The molecule has 3 N–H and O–H groups in total. The lowest BCUT2D eigenvalue weighted by Gasteiger charge is -2.28. The van der Waals surface area contributed by atoms with E-state index >= 15 is 0 Å². The molecule has 0 aliphatic heterocycles. The first-order chi connectivity index (χ1) is 12.7. The summed E-state index contributed by atoms with van der Waals surface area (Å²) < 4.78 is 10.5. The lowest BCUT2D eigenvalue weighted by Crippen LogP contribution is -2.49. The summed E-state index contributed by atoms with van der Waals surface area (Å²) in [7, 11) is 0. The minimum Gasteiger partial charge on any atom is -0.444 e. The molecule has 0 unspecified atom stereocenters. The van der Waals surface area contributed by atoms with E-state index in [1.165, 1.54) is 19.1 Å². The number of benzene rings is 1. The lowest BCUT2D eigenvalue weighted by atomic mass is 10.2. The highest BCUT2D eigenvalue weighted by atomic mass is 16.6. The van der Waals surface area contributed by atoms with Crippen LogP contribution in [0.15, 0.2) is 24.3 Å². The van der Waals surface area contributed by atoms with Crippen LogP contribution in [0.1, 0.15) is 48.5 Å². The second-order valence-electron chi connectivity index (χ2n) is 8.02. The Balaban J connectivity index is 3.11. The van der Waals surface area contributed by atoms with Crippen LogP contribution >= 0.6 is 0 Å². The molecule has 1 rings (SSSR count). The van der Waals surface area contributed by atoms with Crippen LogP contribution in [-0.4, -0.2) is 35.3 Å². The Kier molecular flexibility index (Phi) is 7.15. The second kappa shape index (κ2) is 8.73. The highest BCUT2D eigenvalue weighted by molar-refractivity contribution is 6.16. The molecule has 0 aliphatic carbocycles. The zero-order chi connectivity index (χ0) is 21.7. The maximum absolute atomic E-state index is 12.6. The van der Waals surface area contributed by atoms with Crippen LogP contribution in [0.4, 0.5) is 21.0 Å². The number of nitrogens with zero attached hydrogens (tertiary/aromatic N) is 1. The summed E-state index contributed by atoms with van der Waals surface area (Å²) in [6, 6.07) is 6.16. The van der Waals surface area contributed by atoms with Crippen molar-refractivity contribution in [1.29, 1.82) is 5.41 Å². The third kappa shape index (κ3) is 8.07. The predicted octanol–water partition coefficient (Wildman–Crippen LogP) is 3.85. The summed E-state index contributed by atoms with van der Waals surface area (Å²) in [5.74, 6) is -0.771. The van der Waals surface area contributed by atoms with Crippen molar-refractivity contribution in [3.8, 4) is 0 Å². The molecule has 0 fully saturated rings. The molecule has 0 spiro atoms. The molecule has 0 bridgehead atoms. The van der Waals surface area contributed by atoms with Gasteiger partial charge in [0.2, 0.25) is 11.9 Å². The maximum atomic E-state index is 12.6. The van der Waals surface area contributed by atoms with E-state index < -0.39 is 29.3 Å². The first-order valence-corrected chi connectivity index (χ1v) is 8.67. The third-order valence-electron chi connectivity index (χ3n) is 2.86. The number of ether oxygens (including phenoxy) is 2. The Morgan fingerprint density at radius 2 is 1.43 bits per heavy atom. The van der Waals surface area contributed by atoms with Crippen molar-refractivity contribution < 1.29 is 23.9 Å². The average Bonchev–Trinajstić information content (AvgIpc) is 2.44. The van der Waals surface area contributed by atoms with E-state index in [-0.39, 0.29) is 11.6 Å². The van der Waals surface area contributed by atoms with Crippen LogP contribution in [0.3, 0.4) is 0 Å². The van der Waals surface area contributed by atoms with E-state index in [0.717, 1.165) is 4.90 Å². The van der Waals surface area contributed by atoms with Crippen LogP contribution in [0.2, 0.25) is 0 Å². The molecule has 0 atom stereocenters. The van der Waals surface area contributed by atoms with Gasteiger partial charge in [0.15, 0.2) is 0 Å². The first kappa shape index (κ1) is 22.9. The van der Waals surface area contributed by atoms with Gasteiger partial charge in [0.25, 0.3) is 0 Å². The molecule has 9 nitrogen and oxygen atoms in total. The van der Waals surface area contributed by atoms with Crippen molar-refractivity contribution in [1.82, 2.24) is 5.32 Å². The molecular weight excluding hydrogens is 364 g/mol. The Morgan fingerprint density at radius 3 is 1.86 bits per heavy atom. The quantitative estimate of drug-likeness (QED) is 0.521. The molecule has 1 aromatic carbocycles. The fraction of sp³-hybridized carbons (Fsp3) is 0.474. The number of hydrogen-bond acceptors (Lipinski definition) is 6. The molecule has 0 radical (unpaired) electrons. The Labute approximate surface area is 164 Å². The van der Waals surface area contributed by atoms with Crippen LogP contribution in [-0.2, 0) is 14.3 Å². The SMILES string of the molecule is CC(=O)Nc1ccc(N(C(=N)NC(=O)OC(C)(C)C)C(=O)OC(C)(C)C)cc1. The molecule has 0 aromatic heterocycles. The fourth-order valence-corrected chi connectivity index (χ4v) is 1.99. The summed E-state index contributed by atoms with van der Waals surface area (Å²) in [5.41, 5.74) is -0.782. The highest BCUT2D eigenvalue weighted by Gasteiger charge is 2.29. The number of carbonyl (C=O) groups excluding carboxylic acids is 3. The molecule has 28 heavy (non-hydrogen) atoms. The number of carbonyl (C=O) groups is 3. The van der Waals surface area contributed by atoms with Gasteiger partial charge in [0, 0.05) is 12.6 Å². The topological polar surface area (TPSA) is 121 Å². The number of alkyl carbamates (subject to hydrolysis) is 1. The summed E-state index contributed by atoms with van der Waals surface area (Å²) in [6.45, 7) is 11.5. The molecule has 0 heterocycles. The number of amides is 3. The van der Waals surface area contributed by atoms with Gasteiger partial charge in [-0.3, -0.25) is 15.5 Å². The molecule has 0 aliphatic rings. The third-order valence-corrected chi connectivity index (χ3v) is 2.86. The van der Waals surface area contributed by atoms with E-state index in [2.05, 4.69) is 10.6 Å². The van der Waals surface area contributed by atoms with E-state index in [1.54, 1.807) is 53.7 Å². The Hall–Kier alpha value is -3.10. The first-order valence-electron chi connectivity index (χ1n) is 8.67. The number of rotatable bonds is 2. The van der Waals surface area contributed by atoms with E-state index in [4.69, 9.17) is 14.9 Å². The number of nitrogens with one attached hydrogen (secondary N) is 3. The highest BCUT2D eigenvalue weighted by Crippen LogP contribution is 2.21. The largest absolute Gasteiger partial charge is 0.444 e. The Bertz CT molecular complexity index is 745. The van der Waals surface area contributed by atoms with Gasteiger partial charge in [-0.2, -0.15) is 0 Å². The fourth-order valence-electron chi connectivity index (χ4n) is 1.99. The molecule has 3 amide bonds.